The van der Waals surface area contributed by atoms with Gasteiger partial charge in [0.1, 0.15) is 0 Å². The van der Waals surface area contributed by atoms with Gasteiger partial charge in [-0.15, -0.1) is 0 Å². The predicted molar refractivity (Wildman–Crippen MR) is 46.7 cm³/mol. The lowest BCUT2D eigenvalue weighted by Gasteiger charge is -1.98. The third-order valence-electron chi connectivity index (χ3n) is 2.33. The van der Waals surface area contributed by atoms with Crippen LogP contribution in [0.3, 0.4) is 0 Å². The number of halogens is 2. The smallest absolute Gasteiger partial charge is 0.159 e. The monoisotopic (exact) mass is 195 g/mol. The Morgan fingerprint density at radius 2 is 2.14 bits per heavy atom. The fraction of sp³-hybridized carbons (Fsp3) is 0.333. The molecule has 3 nitrogen and oxygen atoms in total. The Balaban J connectivity index is 2.19. The lowest BCUT2D eigenvalue weighted by molar-refractivity contribution is 0.507. The maximum Gasteiger partial charge on any atom is 0.159 e. The molecule has 0 saturated heterocycles. The van der Waals surface area contributed by atoms with E-state index in [1.165, 1.54) is 6.07 Å². The van der Waals surface area contributed by atoms with Crippen LogP contribution < -0.4 is 0 Å². The second-order valence-electron chi connectivity index (χ2n) is 3.29. The van der Waals surface area contributed by atoms with Gasteiger partial charge in [0.25, 0.3) is 0 Å². The molecule has 14 heavy (non-hydrogen) atoms. The van der Waals surface area contributed by atoms with Crippen LogP contribution in [0.2, 0.25) is 0 Å². The first-order valence-electron chi connectivity index (χ1n) is 4.21. The van der Waals surface area contributed by atoms with Gasteiger partial charge in [-0.1, -0.05) is 11.2 Å². The lowest BCUT2D eigenvalue weighted by atomic mass is 10.1. The first-order valence-corrected chi connectivity index (χ1v) is 4.21. The number of azide groups is 1. The van der Waals surface area contributed by atoms with Crippen LogP contribution in [-0.4, -0.2) is 6.04 Å². The molecule has 0 spiro atoms. The molecule has 1 fully saturated rings. The first-order chi connectivity index (χ1) is 6.72. The van der Waals surface area contributed by atoms with Crippen molar-refractivity contribution in [2.45, 2.75) is 18.4 Å². The highest BCUT2D eigenvalue weighted by atomic mass is 19.2. The Morgan fingerprint density at radius 3 is 2.79 bits per heavy atom. The molecule has 1 unspecified atom stereocenters. The van der Waals surface area contributed by atoms with Gasteiger partial charge >= 0.3 is 0 Å². The lowest BCUT2D eigenvalue weighted by Crippen LogP contribution is -1.89. The number of rotatable bonds is 2. The van der Waals surface area contributed by atoms with Crippen molar-refractivity contribution in [3.05, 3.63) is 45.8 Å². The second kappa shape index (κ2) is 3.27. The van der Waals surface area contributed by atoms with Crippen molar-refractivity contribution in [2.24, 2.45) is 5.11 Å². The van der Waals surface area contributed by atoms with Crippen LogP contribution in [0.15, 0.2) is 23.3 Å². The molecular weight excluding hydrogens is 188 g/mol. The summed E-state index contributed by atoms with van der Waals surface area (Å²) in [6, 6.07) is 3.68. The third-order valence-corrected chi connectivity index (χ3v) is 2.33. The van der Waals surface area contributed by atoms with Crippen LogP contribution in [0.1, 0.15) is 17.9 Å². The predicted octanol–water partition coefficient (Wildman–Crippen LogP) is 3.13. The minimum absolute atomic E-state index is 0.0565. The van der Waals surface area contributed by atoms with E-state index in [4.69, 9.17) is 5.53 Å². The zero-order valence-corrected chi connectivity index (χ0v) is 7.19. The molecule has 0 radical (unpaired) electrons. The van der Waals surface area contributed by atoms with Crippen molar-refractivity contribution in [1.82, 2.24) is 0 Å². The van der Waals surface area contributed by atoms with Gasteiger partial charge in [-0.05, 0) is 35.6 Å². The molecule has 0 amide bonds. The van der Waals surface area contributed by atoms with E-state index in [1.54, 1.807) is 0 Å². The van der Waals surface area contributed by atoms with Crippen LogP contribution in [-0.2, 0) is 0 Å². The van der Waals surface area contributed by atoms with Crippen molar-refractivity contribution >= 4 is 0 Å². The highest BCUT2D eigenvalue weighted by molar-refractivity contribution is 5.29. The Labute approximate surface area is 79.0 Å². The SMILES string of the molecule is [N-]=[N+]=N[C@@H]1CC1c1ccc(F)c(F)c1. The van der Waals surface area contributed by atoms with E-state index < -0.39 is 11.6 Å². The van der Waals surface area contributed by atoms with E-state index in [1.807, 2.05) is 0 Å². The highest BCUT2D eigenvalue weighted by Crippen LogP contribution is 2.43. The van der Waals surface area contributed by atoms with E-state index in [0.717, 1.165) is 18.6 Å². The van der Waals surface area contributed by atoms with Crippen LogP contribution >= 0.6 is 0 Å². The van der Waals surface area contributed by atoms with Crippen molar-refractivity contribution < 1.29 is 8.78 Å². The van der Waals surface area contributed by atoms with Gasteiger partial charge in [-0.2, -0.15) is 0 Å². The molecule has 0 aliphatic heterocycles. The summed E-state index contributed by atoms with van der Waals surface area (Å²) in [5.41, 5.74) is 8.86. The number of hydrogen-bond donors (Lipinski definition) is 0. The van der Waals surface area contributed by atoms with E-state index in [9.17, 15) is 8.78 Å². The molecular formula is C9H7F2N3. The van der Waals surface area contributed by atoms with E-state index in [2.05, 4.69) is 10.0 Å². The van der Waals surface area contributed by atoms with Crippen LogP contribution in [0.5, 0.6) is 0 Å². The largest absolute Gasteiger partial charge is 0.204 e. The summed E-state index contributed by atoms with van der Waals surface area (Å²) >= 11 is 0. The summed E-state index contributed by atoms with van der Waals surface area (Å²) in [7, 11) is 0. The van der Waals surface area contributed by atoms with Crippen molar-refractivity contribution in [3.8, 4) is 0 Å². The first kappa shape index (κ1) is 8.97. The Kier molecular flexibility index (Phi) is 2.09. The number of hydrogen-bond acceptors (Lipinski definition) is 1. The van der Waals surface area contributed by atoms with Crippen molar-refractivity contribution in [1.29, 1.82) is 0 Å². The fourth-order valence-electron chi connectivity index (χ4n) is 1.48. The van der Waals surface area contributed by atoms with Crippen LogP contribution in [0.25, 0.3) is 10.4 Å². The standard InChI is InChI=1S/C9H7F2N3/c10-7-2-1-5(3-8(7)11)6-4-9(6)13-14-12/h1-3,6,9H,4H2/t6?,9-/m1/s1. The zero-order valence-electron chi connectivity index (χ0n) is 7.19. The Morgan fingerprint density at radius 1 is 1.36 bits per heavy atom. The molecule has 1 aromatic rings. The van der Waals surface area contributed by atoms with E-state index >= 15 is 0 Å². The molecule has 72 valence electrons. The molecule has 0 aromatic heterocycles. The molecule has 1 aliphatic rings. The zero-order chi connectivity index (χ0) is 10.1. The van der Waals surface area contributed by atoms with Crippen LogP contribution in [0, 0.1) is 11.6 Å². The topological polar surface area (TPSA) is 48.8 Å². The van der Waals surface area contributed by atoms with Gasteiger partial charge in [0.2, 0.25) is 0 Å². The maximum absolute atomic E-state index is 12.8. The summed E-state index contributed by atoms with van der Waals surface area (Å²) in [5, 5.41) is 3.51. The minimum atomic E-state index is -0.853. The van der Waals surface area contributed by atoms with Gasteiger partial charge < -0.3 is 0 Å². The fourth-order valence-corrected chi connectivity index (χ4v) is 1.48. The molecule has 0 bridgehead atoms. The van der Waals surface area contributed by atoms with Gasteiger partial charge in [0.15, 0.2) is 11.6 Å². The van der Waals surface area contributed by atoms with Gasteiger partial charge in [-0.3, -0.25) is 0 Å². The molecule has 1 saturated carbocycles. The normalized spacial score (nSPS) is 24.1. The van der Waals surface area contributed by atoms with Crippen molar-refractivity contribution in [3.63, 3.8) is 0 Å². The highest BCUT2D eigenvalue weighted by Gasteiger charge is 2.37. The van der Waals surface area contributed by atoms with Gasteiger partial charge in [-0.25, -0.2) is 8.78 Å². The quantitative estimate of drug-likeness (QED) is 0.395. The minimum Gasteiger partial charge on any atom is -0.204 e. The summed E-state index contributed by atoms with van der Waals surface area (Å²) in [6.07, 6.45) is 0.717. The molecule has 2 atom stereocenters. The maximum atomic E-state index is 12.8. The molecule has 2 rings (SSSR count). The molecule has 5 heteroatoms. The molecule has 0 N–H and O–H groups in total. The van der Waals surface area contributed by atoms with E-state index in [-0.39, 0.29) is 12.0 Å². The summed E-state index contributed by atoms with van der Waals surface area (Å²) < 4.78 is 25.4. The summed E-state index contributed by atoms with van der Waals surface area (Å²) in [5.74, 6) is -1.65. The Bertz CT molecular complexity index is 413. The molecule has 1 aromatic carbocycles. The van der Waals surface area contributed by atoms with Crippen molar-refractivity contribution in [2.75, 3.05) is 0 Å². The molecule has 1 aliphatic carbocycles. The third kappa shape index (κ3) is 1.54. The summed E-state index contributed by atoms with van der Waals surface area (Å²) in [6.45, 7) is 0. The average Bonchev–Trinajstić information content (AvgIpc) is 2.90. The second-order valence-corrected chi connectivity index (χ2v) is 3.29. The van der Waals surface area contributed by atoms with Crippen LogP contribution in [0.4, 0.5) is 8.78 Å². The Hall–Kier alpha value is -1.61. The molecule has 0 heterocycles. The van der Waals surface area contributed by atoms with Gasteiger partial charge in [0.05, 0.1) is 0 Å². The number of benzene rings is 1. The number of nitrogens with zero attached hydrogens (tertiary/aromatic N) is 3. The van der Waals surface area contributed by atoms with Gasteiger partial charge in [0, 0.05) is 11.0 Å². The summed E-state index contributed by atoms with van der Waals surface area (Å²) in [4.78, 5) is 2.67. The average molecular weight is 195 g/mol. The van der Waals surface area contributed by atoms with E-state index in [0.29, 0.717) is 5.56 Å².